The van der Waals surface area contributed by atoms with Gasteiger partial charge in [-0.2, -0.15) is 0 Å². The summed E-state index contributed by atoms with van der Waals surface area (Å²) in [7, 11) is 0. The minimum atomic E-state index is 0.915. The quantitative estimate of drug-likeness (QED) is 0.642. The first-order chi connectivity index (χ1) is 10.3. The van der Waals surface area contributed by atoms with E-state index in [1.165, 1.54) is 56.9 Å². The van der Waals surface area contributed by atoms with Crippen molar-refractivity contribution >= 4 is 0 Å². The lowest BCUT2D eigenvalue weighted by atomic mass is 9.75. The molecular formula is C21H28. The largest absolute Gasteiger partial charge is 0.0590 e. The maximum Gasteiger partial charge on any atom is -0.0128 e. The van der Waals surface area contributed by atoms with E-state index >= 15 is 0 Å². The zero-order chi connectivity index (χ0) is 14.0. The molecule has 4 saturated carbocycles. The van der Waals surface area contributed by atoms with E-state index in [2.05, 4.69) is 25.1 Å². The summed E-state index contributed by atoms with van der Waals surface area (Å²) in [5.41, 5.74) is 5.06. The number of hydrogen-bond donors (Lipinski definition) is 0. The van der Waals surface area contributed by atoms with Gasteiger partial charge in [0.15, 0.2) is 0 Å². The zero-order valence-corrected chi connectivity index (χ0v) is 13.4. The van der Waals surface area contributed by atoms with Gasteiger partial charge in [0.1, 0.15) is 0 Å². The molecule has 0 heterocycles. The molecule has 6 unspecified atom stereocenters. The van der Waals surface area contributed by atoms with Crippen LogP contribution in [0.4, 0.5) is 0 Å². The number of benzene rings is 1. The van der Waals surface area contributed by atoms with Crippen LogP contribution in [0.3, 0.4) is 0 Å². The van der Waals surface area contributed by atoms with Crippen molar-refractivity contribution in [3.63, 3.8) is 0 Å². The van der Waals surface area contributed by atoms with Gasteiger partial charge in [0.25, 0.3) is 0 Å². The minimum absolute atomic E-state index is 0.915. The van der Waals surface area contributed by atoms with E-state index in [9.17, 15) is 0 Å². The number of hydrogen-bond acceptors (Lipinski definition) is 0. The molecular weight excluding hydrogens is 252 g/mol. The Morgan fingerprint density at radius 2 is 1.33 bits per heavy atom. The molecule has 21 heavy (non-hydrogen) atoms. The first kappa shape index (κ1) is 12.7. The summed E-state index contributed by atoms with van der Waals surface area (Å²) in [6, 6.07) is 7.49. The molecule has 0 nitrogen and oxygen atoms in total. The molecule has 4 aliphatic rings. The molecule has 0 aromatic heterocycles. The summed E-state index contributed by atoms with van der Waals surface area (Å²) >= 11 is 0. The van der Waals surface area contributed by atoms with Crippen LogP contribution in [0.5, 0.6) is 0 Å². The molecule has 112 valence electrons. The third kappa shape index (κ3) is 1.94. The van der Waals surface area contributed by atoms with Crippen molar-refractivity contribution in [2.75, 3.05) is 0 Å². The maximum absolute atomic E-state index is 2.58. The van der Waals surface area contributed by atoms with Crippen LogP contribution in [0.25, 0.3) is 0 Å². The Kier molecular flexibility index (Phi) is 2.79. The second-order valence-corrected chi connectivity index (χ2v) is 8.70. The molecule has 0 radical (unpaired) electrons. The van der Waals surface area contributed by atoms with Gasteiger partial charge in [0, 0.05) is 0 Å². The van der Waals surface area contributed by atoms with Crippen molar-refractivity contribution < 1.29 is 0 Å². The summed E-state index contributed by atoms with van der Waals surface area (Å²) in [6.07, 6.45) is 12.2. The van der Waals surface area contributed by atoms with E-state index in [4.69, 9.17) is 0 Å². The lowest BCUT2D eigenvalue weighted by Gasteiger charge is -2.30. The van der Waals surface area contributed by atoms with Crippen molar-refractivity contribution in [2.45, 2.75) is 70.1 Å². The highest BCUT2D eigenvalue weighted by atomic mass is 14.5. The molecule has 1 aromatic carbocycles. The second-order valence-electron chi connectivity index (χ2n) is 8.70. The molecule has 5 rings (SSSR count). The third-order valence-corrected chi connectivity index (χ3v) is 7.52. The maximum atomic E-state index is 2.58. The van der Waals surface area contributed by atoms with Gasteiger partial charge in [-0.05, 0) is 92.1 Å². The molecule has 0 aliphatic heterocycles. The van der Waals surface area contributed by atoms with E-state index < -0.39 is 0 Å². The SMILES string of the molecule is Cc1ccc(C2CC3CCC2C3)c(C2CC3CCC2C3)c1. The molecule has 4 aliphatic carbocycles. The highest BCUT2D eigenvalue weighted by Gasteiger charge is 2.44. The van der Waals surface area contributed by atoms with Crippen molar-refractivity contribution in [1.29, 1.82) is 0 Å². The standard InChI is InChI=1S/C21H28/c1-13-2-7-18(19-11-14-3-5-16(19)9-14)21(8-13)20-12-15-4-6-17(20)10-15/h2,7-8,14-17,19-20H,3-6,9-12H2,1H3. The number of aryl methyl sites for hydroxylation is 1. The predicted molar refractivity (Wildman–Crippen MR) is 87.6 cm³/mol. The highest BCUT2D eigenvalue weighted by Crippen LogP contribution is 2.57. The van der Waals surface area contributed by atoms with E-state index in [1.807, 2.05) is 0 Å². The monoisotopic (exact) mass is 280 g/mol. The summed E-state index contributed by atoms with van der Waals surface area (Å²) < 4.78 is 0. The smallest absolute Gasteiger partial charge is 0.0128 e. The summed E-state index contributed by atoms with van der Waals surface area (Å²) in [6.45, 7) is 2.29. The van der Waals surface area contributed by atoms with Crippen molar-refractivity contribution in [1.82, 2.24) is 0 Å². The Balaban J connectivity index is 1.53. The lowest BCUT2D eigenvalue weighted by Crippen LogP contribution is -2.16. The Labute approximate surface area is 129 Å². The molecule has 0 spiro atoms. The van der Waals surface area contributed by atoms with Crippen molar-refractivity contribution in [3.05, 3.63) is 34.9 Å². The molecule has 1 aromatic rings. The van der Waals surface area contributed by atoms with E-state index in [0.29, 0.717) is 0 Å². The Morgan fingerprint density at radius 3 is 1.86 bits per heavy atom. The third-order valence-electron chi connectivity index (χ3n) is 7.52. The van der Waals surface area contributed by atoms with Crippen LogP contribution in [0, 0.1) is 30.6 Å². The van der Waals surface area contributed by atoms with Crippen LogP contribution in [0.2, 0.25) is 0 Å². The van der Waals surface area contributed by atoms with Gasteiger partial charge in [-0.15, -0.1) is 0 Å². The molecule has 6 atom stereocenters. The van der Waals surface area contributed by atoms with Crippen molar-refractivity contribution in [3.8, 4) is 0 Å². The van der Waals surface area contributed by atoms with Crippen LogP contribution in [-0.4, -0.2) is 0 Å². The number of rotatable bonds is 2. The van der Waals surface area contributed by atoms with Gasteiger partial charge in [0.05, 0.1) is 0 Å². The predicted octanol–water partition coefficient (Wildman–Crippen LogP) is 5.80. The van der Waals surface area contributed by atoms with Gasteiger partial charge in [0.2, 0.25) is 0 Å². The molecule has 4 bridgehead atoms. The van der Waals surface area contributed by atoms with Crippen LogP contribution >= 0.6 is 0 Å². The minimum Gasteiger partial charge on any atom is -0.0590 e. The van der Waals surface area contributed by atoms with Gasteiger partial charge in [-0.3, -0.25) is 0 Å². The summed E-state index contributed by atoms with van der Waals surface area (Å²) in [4.78, 5) is 0. The Morgan fingerprint density at radius 1 is 0.714 bits per heavy atom. The highest BCUT2D eigenvalue weighted by molar-refractivity contribution is 5.39. The average molecular weight is 280 g/mol. The van der Waals surface area contributed by atoms with Gasteiger partial charge in [-0.1, -0.05) is 36.6 Å². The van der Waals surface area contributed by atoms with Gasteiger partial charge < -0.3 is 0 Å². The molecule has 4 fully saturated rings. The van der Waals surface area contributed by atoms with Crippen molar-refractivity contribution in [2.24, 2.45) is 23.7 Å². The van der Waals surface area contributed by atoms with Crippen LogP contribution in [-0.2, 0) is 0 Å². The topological polar surface area (TPSA) is 0 Å². The molecule has 0 N–H and O–H groups in total. The van der Waals surface area contributed by atoms with Crippen LogP contribution in [0.15, 0.2) is 18.2 Å². The van der Waals surface area contributed by atoms with E-state index in [1.54, 1.807) is 11.1 Å². The van der Waals surface area contributed by atoms with E-state index in [0.717, 1.165) is 35.5 Å². The van der Waals surface area contributed by atoms with Gasteiger partial charge >= 0.3 is 0 Å². The number of fused-ring (bicyclic) bond motifs is 4. The Bertz CT molecular complexity index is 557. The molecule has 0 amide bonds. The fourth-order valence-corrected chi connectivity index (χ4v) is 6.60. The fraction of sp³-hybridized carbons (Fsp3) is 0.714. The first-order valence-electron chi connectivity index (χ1n) is 9.38. The average Bonchev–Trinajstić information content (AvgIpc) is 3.27. The zero-order valence-electron chi connectivity index (χ0n) is 13.4. The fourth-order valence-electron chi connectivity index (χ4n) is 6.60. The van der Waals surface area contributed by atoms with Crippen LogP contribution in [0.1, 0.15) is 79.9 Å². The van der Waals surface area contributed by atoms with Crippen LogP contribution < -0.4 is 0 Å². The molecule has 0 saturated heterocycles. The summed E-state index contributed by atoms with van der Waals surface area (Å²) in [5.74, 6) is 6.00. The summed E-state index contributed by atoms with van der Waals surface area (Å²) in [5, 5.41) is 0. The second kappa shape index (κ2) is 4.61. The Hall–Kier alpha value is -0.780. The molecule has 0 heteroatoms. The van der Waals surface area contributed by atoms with E-state index in [-0.39, 0.29) is 0 Å². The van der Waals surface area contributed by atoms with Gasteiger partial charge in [-0.25, -0.2) is 0 Å². The normalized spacial score (nSPS) is 43.9. The lowest BCUT2D eigenvalue weighted by molar-refractivity contribution is 0.395. The first-order valence-corrected chi connectivity index (χ1v) is 9.38.